The van der Waals surface area contributed by atoms with Crippen molar-refractivity contribution in [3.63, 3.8) is 0 Å². The molecule has 4 bridgehead atoms. The van der Waals surface area contributed by atoms with Gasteiger partial charge in [0.25, 0.3) is 5.56 Å². The smallest absolute Gasteiger partial charge is 0.353 e. The Balaban J connectivity index is 1.46. The van der Waals surface area contributed by atoms with Crippen molar-refractivity contribution in [3.05, 3.63) is 51.4 Å². The molecule has 0 saturated heterocycles. The van der Waals surface area contributed by atoms with Gasteiger partial charge < -0.3 is 5.32 Å². The highest BCUT2D eigenvalue weighted by Crippen LogP contribution is 2.58. The van der Waals surface area contributed by atoms with Gasteiger partial charge in [0.05, 0.1) is 23.0 Å². The molecule has 0 amide bonds. The number of alkyl halides is 3. The van der Waals surface area contributed by atoms with Crippen molar-refractivity contribution < 1.29 is 13.2 Å². The van der Waals surface area contributed by atoms with Gasteiger partial charge in [-0.2, -0.15) is 18.3 Å². The highest BCUT2D eigenvalue weighted by atomic mass is 35.5. The van der Waals surface area contributed by atoms with Crippen molar-refractivity contribution in [3.8, 4) is 0 Å². The molecule has 1 aromatic carbocycles. The lowest BCUT2D eigenvalue weighted by Crippen LogP contribution is -2.55. The summed E-state index contributed by atoms with van der Waals surface area (Å²) in [7, 11) is 0. The van der Waals surface area contributed by atoms with Gasteiger partial charge in [0.1, 0.15) is 5.02 Å². The molecule has 2 aromatic rings. The molecule has 1 N–H and O–H groups in total. The summed E-state index contributed by atoms with van der Waals surface area (Å²) in [5, 5.41) is 7.22. The van der Waals surface area contributed by atoms with Gasteiger partial charge in [-0.25, -0.2) is 4.68 Å². The summed E-state index contributed by atoms with van der Waals surface area (Å²) in [6.07, 6.45) is 3.64. The minimum atomic E-state index is -4.44. The number of nitrogens with one attached hydrogen (secondary N) is 1. The number of hydrogen-bond acceptors (Lipinski definition) is 3. The second-order valence-corrected chi connectivity index (χ2v) is 9.31. The Bertz CT molecular complexity index is 982. The summed E-state index contributed by atoms with van der Waals surface area (Å²) in [6.45, 7) is 0. The predicted molar refractivity (Wildman–Crippen MR) is 104 cm³/mol. The Morgan fingerprint density at radius 1 is 1.10 bits per heavy atom. The third-order valence-corrected chi connectivity index (χ3v) is 7.21. The Morgan fingerprint density at radius 2 is 1.72 bits per heavy atom. The van der Waals surface area contributed by atoms with Gasteiger partial charge in [-0.05, 0) is 74.5 Å². The second-order valence-electron chi connectivity index (χ2n) is 8.93. The summed E-state index contributed by atoms with van der Waals surface area (Å²) in [5.41, 5.74) is -0.976. The molecule has 4 aliphatic carbocycles. The summed E-state index contributed by atoms with van der Waals surface area (Å²) in [5.74, 6) is 1.95. The molecule has 1 heterocycles. The van der Waals surface area contributed by atoms with E-state index in [1.807, 2.05) is 0 Å². The molecule has 154 valence electrons. The first kappa shape index (κ1) is 19.0. The monoisotopic (exact) mass is 423 g/mol. The topological polar surface area (TPSA) is 46.9 Å². The second kappa shape index (κ2) is 6.49. The molecule has 1 aromatic heterocycles. The van der Waals surface area contributed by atoms with Crippen LogP contribution in [0.3, 0.4) is 0 Å². The lowest BCUT2D eigenvalue weighted by atomic mass is 9.53. The van der Waals surface area contributed by atoms with Crippen LogP contribution in [-0.2, 0) is 11.7 Å². The molecule has 0 radical (unpaired) electrons. The number of halogens is 4. The van der Waals surface area contributed by atoms with Crippen molar-refractivity contribution >= 4 is 23.0 Å². The first-order valence-electron chi connectivity index (χ1n) is 9.96. The molecular formula is C21H21ClF3N3O. The fourth-order valence-corrected chi connectivity index (χ4v) is 6.29. The number of benzene rings is 1. The van der Waals surface area contributed by atoms with Crippen molar-refractivity contribution in [1.29, 1.82) is 0 Å². The highest BCUT2D eigenvalue weighted by molar-refractivity contribution is 6.33. The number of hydrogen-bond donors (Lipinski definition) is 1. The number of anilines is 2. The number of aromatic nitrogens is 2. The van der Waals surface area contributed by atoms with Crippen LogP contribution < -0.4 is 10.9 Å². The van der Waals surface area contributed by atoms with Crippen LogP contribution in [0.2, 0.25) is 5.02 Å². The maximum absolute atomic E-state index is 13.1. The van der Waals surface area contributed by atoms with Crippen LogP contribution in [0.25, 0.3) is 0 Å². The molecule has 0 unspecified atom stereocenters. The zero-order valence-corrected chi connectivity index (χ0v) is 16.4. The standard InChI is InChI=1S/C21H21ClF3N3O/c22-18-17(27-16-3-1-2-15(7-16)21(23,24)25)11-26-28(19(18)29)20-8-12-4-13(9-20)6-14(5-12)10-20/h1-3,7,11-14,27H,4-6,8-10H2. The van der Waals surface area contributed by atoms with E-state index in [0.717, 1.165) is 31.4 Å². The van der Waals surface area contributed by atoms with Gasteiger partial charge in [0, 0.05) is 5.69 Å². The van der Waals surface area contributed by atoms with E-state index in [9.17, 15) is 18.0 Å². The number of nitrogens with zero attached hydrogens (tertiary/aromatic N) is 2. The fraction of sp³-hybridized carbons (Fsp3) is 0.524. The minimum Gasteiger partial charge on any atom is -0.353 e. The summed E-state index contributed by atoms with van der Waals surface area (Å²) < 4.78 is 40.4. The quantitative estimate of drug-likeness (QED) is 0.700. The molecule has 4 nitrogen and oxygen atoms in total. The molecular weight excluding hydrogens is 403 g/mol. The fourth-order valence-electron chi connectivity index (χ4n) is 6.11. The molecule has 0 atom stereocenters. The SMILES string of the molecule is O=c1c(Cl)c(Nc2cccc(C(F)(F)F)c2)cnn1C12CC3CC(CC(C3)C1)C2. The third kappa shape index (κ3) is 3.23. The van der Waals surface area contributed by atoms with Crippen LogP contribution in [-0.4, -0.2) is 9.78 Å². The van der Waals surface area contributed by atoms with Crippen molar-refractivity contribution in [2.24, 2.45) is 17.8 Å². The number of rotatable bonds is 3. The van der Waals surface area contributed by atoms with Crippen molar-refractivity contribution in [2.45, 2.75) is 50.2 Å². The summed E-state index contributed by atoms with van der Waals surface area (Å²) >= 11 is 6.36. The van der Waals surface area contributed by atoms with Crippen LogP contribution >= 0.6 is 11.6 Å². The van der Waals surface area contributed by atoms with Gasteiger partial charge in [0.2, 0.25) is 0 Å². The lowest BCUT2D eigenvalue weighted by molar-refractivity contribution is -0.137. The van der Waals surface area contributed by atoms with Gasteiger partial charge in [-0.15, -0.1) is 0 Å². The van der Waals surface area contributed by atoms with E-state index in [-0.39, 0.29) is 27.5 Å². The molecule has 29 heavy (non-hydrogen) atoms. The molecule has 4 saturated carbocycles. The molecule has 0 spiro atoms. The average Bonchev–Trinajstić information content (AvgIpc) is 2.64. The Morgan fingerprint density at radius 3 is 2.31 bits per heavy atom. The molecule has 6 rings (SSSR count). The van der Waals surface area contributed by atoms with E-state index in [0.29, 0.717) is 17.8 Å². The Labute approximate surface area is 171 Å². The van der Waals surface area contributed by atoms with Gasteiger partial charge in [0.15, 0.2) is 0 Å². The van der Waals surface area contributed by atoms with Gasteiger partial charge in [-0.3, -0.25) is 4.79 Å². The van der Waals surface area contributed by atoms with Crippen molar-refractivity contribution in [2.75, 3.05) is 5.32 Å². The summed E-state index contributed by atoms with van der Waals surface area (Å²) in [6, 6.07) is 4.79. The van der Waals surface area contributed by atoms with Crippen LogP contribution in [0.1, 0.15) is 44.1 Å². The minimum absolute atomic E-state index is 0.0341. The zero-order chi connectivity index (χ0) is 20.4. The van der Waals surface area contributed by atoms with Crippen LogP contribution in [0.4, 0.5) is 24.5 Å². The van der Waals surface area contributed by atoms with E-state index < -0.39 is 11.7 Å². The molecule has 4 aliphatic rings. The normalized spacial score (nSPS) is 30.6. The molecule has 8 heteroatoms. The van der Waals surface area contributed by atoms with Crippen LogP contribution in [0.15, 0.2) is 35.3 Å². The first-order valence-corrected chi connectivity index (χ1v) is 10.3. The Hall–Kier alpha value is -2.02. The molecule has 0 aliphatic heterocycles. The zero-order valence-electron chi connectivity index (χ0n) is 15.7. The van der Waals surface area contributed by atoms with Crippen molar-refractivity contribution in [1.82, 2.24) is 9.78 Å². The van der Waals surface area contributed by atoms with Gasteiger partial charge >= 0.3 is 6.18 Å². The maximum atomic E-state index is 13.1. The van der Waals surface area contributed by atoms with E-state index in [1.165, 1.54) is 37.6 Å². The van der Waals surface area contributed by atoms with Gasteiger partial charge in [-0.1, -0.05) is 17.7 Å². The summed E-state index contributed by atoms with van der Waals surface area (Å²) in [4.78, 5) is 13.1. The van der Waals surface area contributed by atoms with E-state index in [4.69, 9.17) is 11.6 Å². The predicted octanol–water partition coefficient (Wildman–Crippen LogP) is 5.58. The molecule has 4 fully saturated rings. The average molecular weight is 424 g/mol. The third-order valence-electron chi connectivity index (χ3n) is 6.84. The lowest BCUT2D eigenvalue weighted by Gasteiger charge is -2.56. The maximum Gasteiger partial charge on any atom is 0.416 e. The first-order chi connectivity index (χ1) is 13.7. The van der Waals surface area contributed by atoms with E-state index in [2.05, 4.69) is 10.4 Å². The van der Waals surface area contributed by atoms with E-state index in [1.54, 1.807) is 4.68 Å². The van der Waals surface area contributed by atoms with E-state index >= 15 is 0 Å². The van der Waals surface area contributed by atoms with Crippen LogP contribution in [0, 0.1) is 17.8 Å². The Kier molecular flexibility index (Phi) is 4.25. The highest BCUT2D eigenvalue weighted by Gasteiger charge is 2.53. The van der Waals surface area contributed by atoms with Crippen LogP contribution in [0.5, 0.6) is 0 Å². The largest absolute Gasteiger partial charge is 0.416 e.